The van der Waals surface area contributed by atoms with E-state index in [4.69, 9.17) is 4.74 Å². The summed E-state index contributed by atoms with van der Waals surface area (Å²) >= 11 is 0. The van der Waals surface area contributed by atoms with E-state index in [0.717, 1.165) is 31.4 Å². The molecule has 1 N–H and O–H groups in total. The van der Waals surface area contributed by atoms with E-state index in [1.165, 1.54) is 0 Å². The number of aromatic nitrogens is 2. The molecule has 0 saturated carbocycles. The lowest BCUT2D eigenvalue weighted by Gasteiger charge is -2.26. The van der Waals surface area contributed by atoms with Gasteiger partial charge in [-0.2, -0.15) is 5.10 Å². The molecule has 0 amide bonds. The molecular weight excluding hydrogens is 228 g/mol. The number of ether oxygens (including phenoxy) is 1. The van der Waals surface area contributed by atoms with E-state index < -0.39 is 5.60 Å². The highest BCUT2D eigenvalue weighted by Gasteiger charge is 2.31. The summed E-state index contributed by atoms with van der Waals surface area (Å²) in [6.07, 6.45) is 5.71. The van der Waals surface area contributed by atoms with Crippen LogP contribution < -0.4 is 4.74 Å². The number of unbranched alkanes of at least 4 members (excludes halogenated alkanes) is 2. The highest BCUT2D eigenvalue weighted by molar-refractivity contribution is 5.30. The molecule has 1 aromatic rings. The molecule has 1 aromatic heterocycles. The van der Waals surface area contributed by atoms with E-state index in [-0.39, 0.29) is 6.04 Å². The third kappa shape index (κ3) is 3.25. The van der Waals surface area contributed by atoms with Crippen LogP contribution in [0.15, 0.2) is 6.20 Å². The SMILES string of the molecule is CCCCCC(C)(O)c1c(OC)cnn1C(C)C. The molecule has 4 nitrogen and oxygen atoms in total. The first kappa shape index (κ1) is 15.0. The summed E-state index contributed by atoms with van der Waals surface area (Å²) in [6, 6.07) is 0.210. The van der Waals surface area contributed by atoms with E-state index in [0.29, 0.717) is 5.75 Å². The van der Waals surface area contributed by atoms with E-state index in [1.54, 1.807) is 13.3 Å². The molecule has 1 rings (SSSR count). The van der Waals surface area contributed by atoms with Gasteiger partial charge in [-0.1, -0.05) is 26.2 Å². The van der Waals surface area contributed by atoms with Gasteiger partial charge in [-0.3, -0.25) is 4.68 Å². The molecule has 0 aromatic carbocycles. The standard InChI is InChI=1S/C14H26N2O2/c1-6-7-8-9-14(4,17)13-12(18-5)10-15-16(13)11(2)3/h10-11,17H,6-9H2,1-5H3. The predicted octanol–water partition coefficient (Wildman–Crippen LogP) is 3.26. The van der Waals surface area contributed by atoms with Crippen molar-refractivity contribution >= 4 is 0 Å². The Bertz CT molecular complexity index is 370. The largest absolute Gasteiger partial charge is 0.493 e. The average Bonchev–Trinajstić information content (AvgIpc) is 2.73. The third-order valence-corrected chi connectivity index (χ3v) is 3.25. The first-order valence-corrected chi connectivity index (χ1v) is 6.78. The van der Waals surface area contributed by atoms with Crippen molar-refractivity contribution in [2.75, 3.05) is 7.11 Å². The maximum Gasteiger partial charge on any atom is 0.162 e. The lowest BCUT2D eigenvalue weighted by Crippen LogP contribution is -2.27. The van der Waals surface area contributed by atoms with Crippen LogP contribution in [0, 0.1) is 0 Å². The number of aliphatic hydroxyl groups is 1. The minimum absolute atomic E-state index is 0.210. The van der Waals surface area contributed by atoms with Crippen molar-refractivity contribution in [1.82, 2.24) is 9.78 Å². The van der Waals surface area contributed by atoms with E-state index in [9.17, 15) is 5.11 Å². The van der Waals surface area contributed by atoms with E-state index >= 15 is 0 Å². The smallest absolute Gasteiger partial charge is 0.162 e. The Labute approximate surface area is 110 Å². The van der Waals surface area contributed by atoms with Gasteiger partial charge in [0, 0.05) is 6.04 Å². The zero-order valence-electron chi connectivity index (χ0n) is 12.2. The van der Waals surface area contributed by atoms with Gasteiger partial charge in [-0.05, 0) is 27.2 Å². The first-order valence-electron chi connectivity index (χ1n) is 6.78. The molecule has 0 aliphatic rings. The molecule has 0 aliphatic carbocycles. The van der Waals surface area contributed by atoms with Gasteiger partial charge >= 0.3 is 0 Å². The van der Waals surface area contributed by atoms with E-state index in [1.807, 2.05) is 11.6 Å². The Morgan fingerprint density at radius 2 is 2.11 bits per heavy atom. The molecule has 104 valence electrons. The van der Waals surface area contributed by atoms with Gasteiger partial charge in [0.1, 0.15) is 11.3 Å². The van der Waals surface area contributed by atoms with Gasteiger partial charge in [0.05, 0.1) is 13.3 Å². The Morgan fingerprint density at radius 1 is 1.44 bits per heavy atom. The predicted molar refractivity (Wildman–Crippen MR) is 72.9 cm³/mol. The van der Waals surface area contributed by atoms with Crippen LogP contribution in [0.4, 0.5) is 0 Å². The second-order valence-electron chi connectivity index (χ2n) is 5.33. The molecule has 1 unspecified atom stereocenters. The highest BCUT2D eigenvalue weighted by Crippen LogP contribution is 2.35. The molecular formula is C14H26N2O2. The second-order valence-corrected chi connectivity index (χ2v) is 5.33. The minimum Gasteiger partial charge on any atom is -0.493 e. The molecule has 18 heavy (non-hydrogen) atoms. The summed E-state index contributed by atoms with van der Waals surface area (Å²) in [5.74, 6) is 0.671. The quantitative estimate of drug-likeness (QED) is 0.760. The minimum atomic E-state index is -0.888. The molecule has 1 atom stereocenters. The Balaban J connectivity index is 3.00. The molecule has 0 radical (unpaired) electrons. The highest BCUT2D eigenvalue weighted by atomic mass is 16.5. The maximum atomic E-state index is 10.7. The van der Waals surface area contributed by atoms with Crippen molar-refractivity contribution < 1.29 is 9.84 Å². The van der Waals surface area contributed by atoms with Crippen LogP contribution in [0.2, 0.25) is 0 Å². The van der Waals surface area contributed by atoms with Crippen LogP contribution in [0.25, 0.3) is 0 Å². The maximum absolute atomic E-state index is 10.7. The van der Waals surface area contributed by atoms with Crippen molar-refractivity contribution in [3.63, 3.8) is 0 Å². The van der Waals surface area contributed by atoms with Crippen LogP contribution in [0.5, 0.6) is 5.75 Å². The molecule has 0 bridgehead atoms. The van der Waals surface area contributed by atoms with Crippen LogP contribution >= 0.6 is 0 Å². The Morgan fingerprint density at radius 3 is 2.61 bits per heavy atom. The zero-order valence-corrected chi connectivity index (χ0v) is 12.2. The lowest BCUT2D eigenvalue weighted by molar-refractivity contribution is 0.0320. The fourth-order valence-electron chi connectivity index (χ4n) is 2.24. The lowest BCUT2D eigenvalue weighted by atomic mass is 9.94. The summed E-state index contributed by atoms with van der Waals surface area (Å²) in [4.78, 5) is 0. The third-order valence-electron chi connectivity index (χ3n) is 3.25. The summed E-state index contributed by atoms with van der Waals surface area (Å²) in [7, 11) is 1.62. The number of hydrogen-bond acceptors (Lipinski definition) is 3. The second kappa shape index (κ2) is 6.23. The molecule has 1 heterocycles. The van der Waals surface area contributed by atoms with Crippen LogP contribution in [0.1, 0.15) is 65.1 Å². The number of rotatable bonds is 7. The number of nitrogens with zero attached hydrogens (tertiary/aromatic N) is 2. The monoisotopic (exact) mass is 254 g/mol. The van der Waals surface area contributed by atoms with Gasteiger partial charge in [0.25, 0.3) is 0 Å². The average molecular weight is 254 g/mol. The molecule has 0 fully saturated rings. The van der Waals surface area contributed by atoms with Crippen LogP contribution in [-0.2, 0) is 5.60 Å². The summed E-state index contributed by atoms with van der Waals surface area (Å²) in [5, 5.41) is 15.0. The Kier molecular flexibility index (Phi) is 5.20. The zero-order chi connectivity index (χ0) is 13.8. The van der Waals surface area contributed by atoms with Crippen molar-refractivity contribution in [2.24, 2.45) is 0 Å². The molecule has 4 heteroatoms. The van der Waals surface area contributed by atoms with Gasteiger partial charge in [-0.25, -0.2) is 0 Å². The normalized spacial score (nSPS) is 14.8. The van der Waals surface area contributed by atoms with Gasteiger partial charge < -0.3 is 9.84 Å². The Hall–Kier alpha value is -1.03. The van der Waals surface area contributed by atoms with Gasteiger partial charge in [0.2, 0.25) is 0 Å². The number of hydrogen-bond donors (Lipinski definition) is 1. The van der Waals surface area contributed by atoms with Crippen molar-refractivity contribution in [2.45, 2.75) is 65.0 Å². The fraction of sp³-hybridized carbons (Fsp3) is 0.786. The molecule has 0 saturated heterocycles. The summed E-state index contributed by atoms with van der Waals surface area (Å²) < 4.78 is 7.18. The van der Waals surface area contributed by atoms with Crippen molar-refractivity contribution in [1.29, 1.82) is 0 Å². The van der Waals surface area contributed by atoms with Crippen molar-refractivity contribution in [3.8, 4) is 5.75 Å². The number of methoxy groups -OCH3 is 1. The molecule has 0 aliphatic heterocycles. The van der Waals surface area contributed by atoms with Crippen molar-refractivity contribution in [3.05, 3.63) is 11.9 Å². The fourth-order valence-corrected chi connectivity index (χ4v) is 2.24. The van der Waals surface area contributed by atoms with Gasteiger partial charge in [0.15, 0.2) is 5.75 Å². The molecule has 0 spiro atoms. The van der Waals surface area contributed by atoms with E-state index in [2.05, 4.69) is 25.9 Å². The van der Waals surface area contributed by atoms with Crippen LogP contribution in [0.3, 0.4) is 0 Å². The van der Waals surface area contributed by atoms with Crippen LogP contribution in [-0.4, -0.2) is 22.0 Å². The summed E-state index contributed by atoms with van der Waals surface area (Å²) in [5.41, 5.74) is -0.0996. The summed E-state index contributed by atoms with van der Waals surface area (Å²) in [6.45, 7) is 8.12. The topological polar surface area (TPSA) is 47.3 Å². The van der Waals surface area contributed by atoms with Gasteiger partial charge in [-0.15, -0.1) is 0 Å². The first-order chi connectivity index (χ1) is 8.44.